The summed E-state index contributed by atoms with van der Waals surface area (Å²) in [6.45, 7) is 0. The van der Waals surface area contributed by atoms with Crippen molar-refractivity contribution in [2.45, 2.75) is 6.42 Å². The van der Waals surface area contributed by atoms with Gasteiger partial charge in [0.25, 0.3) is 0 Å². The number of carbonyl (C=O) groups is 1. The largest absolute Gasteiger partial charge is 0.293 e. The van der Waals surface area contributed by atoms with Crippen LogP contribution < -0.4 is 0 Å². The van der Waals surface area contributed by atoms with E-state index in [1.165, 1.54) is 12.1 Å². The first-order valence-corrected chi connectivity index (χ1v) is 4.78. The van der Waals surface area contributed by atoms with Crippen LogP contribution in [0.2, 0.25) is 5.02 Å². The van der Waals surface area contributed by atoms with Crippen LogP contribution in [0.15, 0.2) is 16.6 Å². The van der Waals surface area contributed by atoms with E-state index >= 15 is 0 Å². The predicted molar refractivity (Wildman–Crippen MR) is 53.7 cm³/mol. The highest BCUT2D eigenvalue weighted by Gasteiger charge is 2.17. The Hall–Kier alpha value is -0.920. The zero-order valence-corrected chi connectivity index (χ0v) is 9.19. The molecule has 0 heterocycles. The summed E-state index contributed by atoms with van der Waals surface area (Å²) in [4.78, 5) is 11.3. The highest BCUT2D eigenvalue weighted by molar-refractivity contribution is 9.10. The average molecular weight is 276 g/mol. The van der Waals surface area contributed by atoms with E-state index in [-0.39, 0.29) is 17.0 Å². The highest BCUT2D eigenvalue weighted by Crippen LogP contribution is 2.26. The van der Waals surface area contributed by atoms with Crippen LogP contribution >= 0.6 is 27.5 Å². The molecular formula is C9H4BrClFNO. The number of nitrogens with zero attached hydrogens (tertiary/aromatic N) is 1. The maximum absolute atomic E-state index is 13.3. The van der Waals surface area contributed by atoms with Gasteiger partial charge in [0, 0.05) is 4.47 Å². The van der Waals surface area contributed by atoms with Gasteiger partial charge in [-0.1, -0.05) is 11.6 Å². The van der Waals surface area contributed by atoms with Gasteiger partial charge in [-0.15, -0.1) is 0 Å². The minimum absolute atomic E-state index is 0.130. The standard InChI is InChI=1S/C9H4BrClFNO/c10-5-1-2-6(11)9(12)8(5)7(14)3-4-13/h1-2H,3H2. The van der Waals surface area contributed by atoms with Crippen molar-refractivity contribution in [2.75, 3.05) is 0 Å². The number of rotatable bonds is 2. The molecule has 0 bridgehead atoms. The molecule has 1 rings (SSSR count). The predicted octanol–water partition coefficient (Wildman–Crippen LogP) is 3.34. The molecule has 2 nitrogen and oxygen atoms in total. The first kappa shape index (κ1) is 11.2. The molecule has 0 amide bonds. The Balaban J connectivity index is 3.27. The molecule has 1 aromatic carbocycles. The zero-order chi connectivity index (χ0) is 10.7. The van der Waals surface area contributed by atoms with E-state index in [0.29, 0.717) is 4.47 Å². The number of Topliss-reactive ketones (excluding diaryl/α,β-unsaturated/α-hetero) is 1. The lowest BCUT2D eigenvalue weighted by Crippen LogP contribution is -2.03. The Morgan fingerprint density at radius 3 is 2.86 bits per heavy atom. The minimum atomic E-state index is -0.790. The van der Waals surface area contributed by atoms with Gasteiger partial charge in [0.2, 0.25) is 0 Å². The summed E-state index contributed by atoms with van der Waals surface area (Å²) in [7, 11) is 0. The SMILES string of the molecule is N#CCC(=O)c1c(Br)ccc(Cl)c1F. The number of nitriles is 1. The number of hydrogen-bond donors (Lipinski definition) is 0. The smallest absolute Gasteiger partial charge is 0.181 e. The quantitative estimate of drug-likeness (QED) is 0.614. The number of ketones is 1. The van der Waals surface area contributed by atoms with Gasteiger partial charge in [0.1, 0.15) is 0 Å². The molecule has 0 saturated heterocycles. The van der Waals surface area contributed by atoms with E-state index in [0.717, 1.165) is 0 Å². The average Bonchev–Trinajstić information content (AvgIpc) is 2.13. The van der Waals surface area contributed by atoms with Crippen molar-refractivity contribution in [2.24, 2.45) is 0 Å². The van der Waals surface area contributed by atoms with Crippen molar-refractivity contribution in [3.63, 3.8) is 0 Å². The van der Waals surface area contributed by atoms with Crippen molar-refractivity contribution in [1.82, 2.24) is 0 Å². The minimum Gasteiger partial charge on any atom is -0.293 e. The molecular weight excluding hydrogens is 272 g/mol. The molecule has 0 aliphatic heterocycles. The van der Waals surface area contributed by atoms with Crippen LogP contribution in [0, 0.1) is 17.1 Å². The fourth-order valence-corrected chi connectivity index (χ4v) is 1.63. The summed E-state index contributed by atoms with van der Waals surface area (Å²) < 4.78 is 13.6. The van der Waals surface area contributed by atoms with Gasteiger partial charge < -0.3 is 0 Å². The lowest BCUT2D eigenvalue weighted by Gasteiger charge is -2.03. The topological polar surface area (TPSA) is 40.9 Å². The van der Waals surface area contributed by atoms with E-state index in [1.807, 2.05) is 0 Å². The van der Waals surface area contributed by atoms with Gasteiger partial charge in [-0.25, -0.2) is 4.39 Å². The Bertz CT molecular complexity index is 428. The second kappa shape index (κ2) is 4.54. The zero-order valence-electron chi connectivity index (χ0n) is 6.85. The van der Waals surface area contributed by atoms with Gasteiger partial charge in [0.15, 0.2) is 11.6 Å². The molecule has 0 unspecified atom stereocenters. The number of halogens is 3. The van der Waals surface area contributed by atoms with Crippen LogP contribution in [0.25, 0.3) is 0 Å². The summed E-state index contributed by atoms with van der Waals surface area (Å²) in [6.07, 6.45) is -0.365. The van der Waals surface area contributed by atoms with Crippen molar-refractivity contribution in [3.8, 4) is 6.07 Å². The summed E-state index contributed by atoms with van der Waals surface area (Å²) >= 11 is 8.52. The van der Waals surface area contributed by atoms with Crippen molar-refractivity contribution in [1.29, 1.82) is 5.26 Å². The second-order valence-corrected chi connectivity index (χ2v) is 3.74. The molecule has 72 valence electrons. The van der Waals surface area contributed by atoms with E-state index < -0.39 is 11.6 Å². The summed E-state index contributed by atoms with van der Waals surface area (Å²) in [5.74, 6) is -1.37. The van der Waals surface area contributed by atoms with Crippen LogP contribution in [-0.4, -0.2) is 5.78 Å². The highest BCUT2D eigenvalue weighted by atomic mass is 79.9. The molecule has 0 radical (unpaired) electrons. The second-order valence-electron chi connectivity index (χ2n) is 2.48. The third-order valence-electron chi connectivity index (χ3n) is 1.56. The number of hydrogen-bond acceptors (Lipinski definition) is 2. The number of benzene rings is 1. The normalized spacial score (nSPS) is 9.57. The molecule has 1 aromatic rings. The monoisotopic (exact) mass is 275 g/mol. The summed E-state index contributed by atoms with van der Waals surface area (Å²) in [5.41, 5.74) is -0.168. The lowest BCUT2D eigenvalue weighted by molar-refractivity contribution is 0.0993. The Labute approximate surface area is 93.4 Å². The van der Waals surface area contributed by atoms with Crippen LogP contribution in [0.1, 0.15) is 16.8 Å². The van der Waals surface area contributed by atoms with E-state index in [1.54, 1.807) is 6.07 Å². The van der Waals surface area contributed by atoms with E-state index in [9.17, 15) is 9.18 Å². The van der Waals surface area contributed by atoms with Gasteiger partial charge >= 0.3 is 0 Å². The fourth-order valence-electron chi connectivity index (χ4n) is 0.943. The Kier molecular flexibility index (Phi) is 3.62. The number of carbonyl (C=O) groups excluding carboxylic acids is 1. The maximum atomic E-state index is 13.3. The van der Waals surface area contributed by atoms with Gasteiger partial charge in [-0.3, -0.25) is 4.79 Å². The third kappa shape index (κ3) is 2.11. The molecule has 5 heteroatoms. The lowest BCUT2D eigenvalue weighted by atomic mass is 10.1. The molecule has 0 fully saturated rings. The van der Waals surface area contributed by atoms with Crippen molar-refractivity contribution >= 4 is 33.3 Å². The maximum Gasteiger partial charge on any atom is 0.181 e. The molecule has 0 aromatic heterocycles. The van der Waals surface area contributed by atoms with E-state index in [4.69, 9.17) is 16.9 Å². The van der Waals surface area contributed by atoms with Crippen molar-refractivity contribution in [3.05, 3.63) is 33.0 Å². The summed E-state index contributed by atoms with van der Waals surface area (Å²) in [6, 6.07) is 4.47. The van der Waals surface area contributed by atoms with Crippen LogP contribution in [0.4, 0.5) is 4.39 Å². The molecule has 0 aliphatic rings. The van der Waals surface area contributed by atoms with Gasteiger partial charge in [-0.2, -0.15) is 5.26 Å². The Morgan fingerprint density at radius 2 is 2.29 bits per heavy atom. The molecule has 14 heavy (non-hydrogen) atoms. The molecule has 0 atom stereocenters. The van der Waals surface area contributed by atoms with Crippen LogP contribution in [0.5, 0.6) is 0 Å². The first-order valence-electron chi connectivity index (χ1n) is 3.61. The third-order valence-corrected chi connectivity index (χ3v) is 2.52. The van der Waals surface area contributed by atoms with Gasteiger partial charge in [-0.05, 0) is 28.1 Å². The van der Waals surface area contributed by atoms with E-state index in [2.05, 4.69) is 15.9 Å². The van der Waals surface area contributed by atoms with Crippen LogP contribution in [0.3, 0.4) is 0 Å². The van der Waals surface area contributed by atoms with Gasteiger partial charge in [0.05, 0.1) is 23.1 Å². The van der Waals surface area contributed by atoms with Crippen LogP contribution in [-0.2, 0) is 0 Å². The first-order chi connectivity index (χ1) is 6.57. The fraction of sp³-hybridized carbons (Fsp3) is 0.111. The molecule has 0 aliphatic carbocycles. The molecule has 0 N–H and O–H groups in total. The Morgan fingerprint density at radius 1 is 1.64 bits per heavy atom. The molecule has 0 saturated carbocycles. The summed E-state index contributed by atoms with van der Waals surface area (Å²) in [5, 5.41) is 8.18. The molecule has 0 spiro atoms. The van der Waals surface area contributed by atoms with Crippen molar-refractivity contribution < 1.29 is 9.18 Å².